The molecule has 1 aromatic carbocycles. The van der Waals surface area contributed by atoms with Gasteiger partial charge in [0.1, 0.15) is 12.4 Å². The molecule has 8 heteroatoms. The van der Waals surface area contributed by atoms with Gasteiger partial charge < -0.3 is 20.5 Å². The van der Waals surface area contributed by atoms with E-state index in [0.29, 0.717) is 10.8 Å². The molecule has 0 radical (unpaired) electrons. The highest BCUT2D eigenvalue weighted by molar-refractivity contribution is 6.32. The maximum atomic E-state index is 12.8. The van der Waals surface area contributed by atoms with Crippen molar-refractivity contribution in [3.8, 4) is 11.5 Å². The van der Waals surface area contributed by atoms with E-state index in [1.165, 1.54) is 6.20 Å². The van der Waals surface area contributed by atoms with Crippen molar-refractivity contribution in [2.24, 2.45) is 11.1 Å². The zero-order chi connectivity index (χ0) is 20.0. The molecule has 3 N–H and O–H groups in total. The normalized spacial score (nSPS) is 12.1. The summed E-state index contributed by atoms with van der Waals surface area (Å²) in [5.74, 6) is 0.197. The van der Waals surface area contributed by atoms with Gasteiger partial charge in [-0.2, -0.15) is 0 Å². The molecule has 0 aliphatic rings. The van der Waals surface area contributed by atoms with E-state index in [-0.39, 0.29) is 23.5 Å². The van der Waals surface area contributed by atoms with Gasteiger partial charge in [0.05, 0.1) is 11.1 Å². The molecule has 1 atom stereocenters. The SMILES string of the molecule is CC(C)(C)C(COC(N)=O)NC(=O)c1ncccc1Oc1ccccc1Cl. The lowest BCUT2D eigenvalue weighted by Crippen LogP contribution is -2.47. The number of ether oxygens (including phenoxy) is 2. The fourth-order valence-electron chi connectivity index (χ4n) is 2.19. The van der Waals surface area contributed by atoms with E-state index in [9.17, 15) is 9.59 Å². The van der Waals surface area contributed by atoms with Crippen molar-refractivity contribution in [1.29, 1.82) is 0 Å². The number of aromatic nitrogens is 1. The van der Waals surface area contributed by atoms with Gasteiger partial charge in [-0.1, -0.05) is 44.5 Å². The Bertz CT molecular complexity index is 821. The second-order valence-electron chi connectivity index (χ2n) is 6.90. The third-order valence-electron chi connectivity index (χ3n) is 3.79. The average Bonchev–Trinajstić information content (AvgIpc) is 2.59. The van der Waals surface area contributed by atoms with Crippen LogP contribution in [0.3, 0.4) is 0 Å². The van der Waals surface area contributed by atoms with Crippen molar-refractivity contribution in [3.05, 3.63) is 53.3 Å². The van der Waals surface area contributed by atoms with Crippen LogP contribution in [0.2, 0.25) is 5.02 Å². The minimum absolute atomic E-state index is 0.0574. The summed E-state index contributed by atoms with van der Waals surface area (Å²) in [4.78, 5) is 27.8. The van der Waals surface area contributed by atoms with Gasteiger partial charge in [0.2, 0.25) is 0 Å². The first-order valence-electron chi connectivity index (χ1n) is 8.29. The Morgan fingerprint density at radius 2 is 1.85 bits per heavy atom. The predicted octanol–water partition coefficient (Wildman–Crippen LogP) is 3.77. The Morgan fingerprint density at radius 1 is 1.19 bits per heavy atom. The monoisotopic (exact) mass is 391 g/mol. The molecule has 2 rings (SSSR count). The van der Waals surface area contributed by atoms with Gasteiger partial charge in [-0.25, -0.2) is 9.78 Å². The van der Waals surface area contributed by atoms with Gasteiger partial charge in [0.15, 0.2) is 11.4 Å². The van der Waals surface area contributed by atoms with E-state index in [4.69, 9.17) is 26.8 Å². The number of nitrogens with two attached hydrogens (primary N) is 1. The summed E-state index contributed by atoms with van der Waals surface area (Å²) in [7, 11) is 0. The van der Waals surface area contributed by atoms with Gasteiger partial charge >= 0.3 is 6.09 Å². The quantitative estimate of drug-likeness (QED) is 0.780. The highest BCUT2D eigenvalue weighted by Crippen LogP contribution is 2.30. The fourth-order valence-corrected chi connectivity index (χ4v) is 2.36. The van der Waals surface area contributed by atoms with Crippen LogP contribution in [0.25, 0.3) is 0 Å². The summed E-state index contributed by atoms with van der Waals surface area (Å²) in [5.41, 5.74) is 4.73. The first kappa shape index (κ1) is 20.5. The summed E-state index contributed by atoms with van der Waals surface area (Å²) < 4.78 is 10.6. The van der Waals surface area contributed by atoms with E-state index in [2.05, 4.69) is 10.3 Å². The van der Waals surface area contributed by atoms with Gasteiger partial charge in [-0.3, -0.25) is 4.79 Å². The van der Waals surface area contributed by atoms with E-state index >= 15 is 0 Å². The van der Waals surface area contributed by atoms with Crippen molar-refractivity contribution in [2.75, 3.05) is 6.61 Å². The number of benzene rings is 1. The Balaban J connectivity index is 2.22. The molecular weight excluding hydrogens is 370 g/mol. The molecule has 2 aromatic rings. The number of primary amides is 1. The maximum Gasteiger partial charge on any atom is 0.404 e. The van der Waals surface area contributed by atoms with Crippen molar-refractivity contribution in [2.45, 2.75) is 26.8 Å². The minimum Gasteiger partial charge on any atom is -0.453 e. The third kappa shape index (κ3) is 5.86. The highest BCUT2D eigenvalue weighted by atomic mass is 35.5. The standard InChI is InChI=1S/C19H22ClN3O4/c1-19(2,3)15(11-26-18(21)25)23-17(24)16-14(9-6-10-22-16)27-13-8-5-4-7-12(13)20/h4-10,15H,11H2,1-3H3,(H2,21,25)(H,23,24). The third-order valence-corrected chi connectivity index (χ3v) is 4.10. The second kappa shape index (κ2) is 8.73. The van der Waals surface area contributed by atoms with E-state index in [0.717, 1.165) is 0 Å². The Hall–Kier alpha value is -2.80. The van der Waals surface area contributed by atoms with Crippen LogP contribution in [-0.4, -0.2) is 29.6 Å². The number of para-hydroxylation sites is 1. The van der Waals surface area contributed by atoms with Gasteiger partial charge in [-0.15, -0.1) is 0 Å². The number of nitrogens with one attached hydrogen (secondary N) is 1. The van der Waals surface area contributed by atoms with Crippen LogP contribution in [-0.2, 0) is 4.74 Å². The summed E-state index contributed by atoms with van der Waals surface area (Å²) >= 11 is 6.11. The van der Waals surface area contributed by atoms with Crippen LogP contribution in [0, 0.1) is 5.41 Å². The van der Waals surface area contributed by atoms with Crippen LogP contribution >= 0.6 is 11.6 Å². The lowest BCUT2D eigenvalue weighted by molar-refractivity contribution is 0.0797. The zero-order valence-corrected chi connectivity index (χ0v) is 16.1. The van der Waals surface area contributed by atoms with Crippen LogP contribution < -0.4 is 15.8 Å². The first-order valence-corrected chi connectivity index (χ1v) is 8.67. The number of carbonyl (C=O) groups excluding carboxylic acids is 2. The Labute approximate surface area is 162 Å². The van der Waals surface area contributed by atoms with Crippen molar-refractivity contribution in [1.82, 2.24) is 10.3 Å². The Morgan fingerprint density at radius 3 is 2.48 bits per heavy atom. The maximum absolute atomic E-state index is 12.8. The number of pyridine rings is 1. The number of hydrogen-bond donors (Lipinski definition) is 2. The first-order chi connectivity index (χ1) is 12.7. The van der Waals surface area contributed by atoms with E-state index in [1.54, 1.807) is 36.4 Å². The molecule has 0 saturated heterocycles. The van der Waals surface area contributed by atoms with Crippen LogP contribution in [0.1, 0.15) is 31.3 Å². The lowest BCUT2D eigenvalue weighted by Gasteiger charge is -2.30. The molecule has 0 fully saturated rings. The minimum atomic E-state index is -0.904. The lowest BCUT2D eigenvalue weighted by atomic mass is 9.87. The molecule has 1 heterocycles. The van der Waals surface area contributed by atoms with Gasteiger partial charge in [0.25, 0.3) is 5.91 Å². The van der Waals surface area contributed by atoms with Gasteiger partial charge in [-0.05, 0) is 29.7 Å². The second-order valence-corrected chi connectivity index (χ2v) is 7.31. The van der Waals surface area contributed by atoms with Crippen LogP contribution in [0.4, 0.5) is 4.79 Å². The van der Waals surface area contributed by atoms with Crippen molar-refractivity contribution >= 4 is 23.6 Å². The fraction of sp³-hybridized carbons (Fsp3) is 0.316. The van der Waals surface area contributed by atoms with Crippen molar-refractivity contribution in [3.63, 3.8) is 0 Å². The number of carbonyl (C=O) groups is 2. The Kier molecular flexibility index (Phi) is 6.63. The van der Waals surface area contributed by atoms with Gasteiger partial charge in [0, 0.05) is 6.20 Å². The molecule has 1 aromatic heterocycles. The summed E-state index contributed by atoms with van der Waals surface area (Å²) in [5, 5.41) is 3.23. The number of halogens is 1. The number of rotatable bonds is 6. The van der Waals surface area contributed by atoms with Crippen LogP contribution in [0.15, 0.2) is 42.6 Å². The van der Waals surface area contributed by atoms with Crippen molar-refractivity contribution < 1.29 is 19.1 Å². The molecule has 7 nitrogen and oxygen atoms in total. The summed E-state index contributed by atoms with van der Waals surface area (Å²) in [6, 6.07) is 9.72. The number of hydrogen-bond acceptors (Lipinski definition) is 5. The molecule has 0 saturated carbocycles. The number of amides is 2. The molecule has 2 amide bonds. The van der Waals surface area contributed by atoms with E-state index in [1.807, 2.05) is 20.8 Å². The molecule has 0 spiro atoms. The van der Waals surface area contributed by atoms with Crippen LogP contribution in [0.5, 0.6) is 11.5 Å². The molecule has 0 aliphatic carbocycles. The average molecular weight is 392 g/mol. The van der Waals surface area contributed by atoms with E-state index < -0.39 is 18.0 Å². The summed E-state index contributed by atoms with van der Waals surface area (Å²) in [6.45, 7) is 5.66. The topological polar surface area (TPSA) is 104 Å². The predicted molar refractivity (Wildman–Crippen MR) is 102 cm³/mol. The number of nitrogens with zero attached hydrogens (tertiary/aromatic N) is 1. The molecular formula is C19H22ClN3O4. The summed E-state index contributed by atoms with van der Waals surface area (Å²) in [6.07, 6.45) is 0.583. The largest absolute Gasteiger partial charge is 0.453 e. The highest BCUT2D eigenvalue weighted by Gasteiger charge is 2.29. The zero-order valence-electron chi connectivity index (χ0n) is 15.4. The molecule has 0 aliphatic heterocycles. The molecule has 144 valence electrons. The molecule has 27 heavy (non-hydrogen) atoms. The molecule has 1 unspecified atom stereocenters. The molecule has 0 bridgehead atoms. The smallest absolute Gasteiger partial charge is 0.404 e.